The molecule has 62 valence electrons. The number of carbonyl (C=O) groups excluding carboxylic acids is 1. The first-order chi connectivity index (χ1) is 4.65. The van der Waals surface area contributed by atoms with E-state index in [-0.39, 0.29) is 5.24 Å². The van der Waals surface area contributed by atoms with E-state index in [1.165, 1.54) is 26.2 Å². The monoisotopic (exact) mass is 184 g/mol. The van der Waals surface area contributed by atoms with Gasteiger partial charge in [0.25, 0.3) is 0 Å². The summed E-state index contributed by atoms with van der Waals surface area (Å²) in [5.41, 5.74) is 0. The van der Waals surface area contributed by atoms with Gasteiger partial charge in [0.05, 0.1) is 0 Å². The van der Waals surface area contributed by atoms with Crippen LogP contribution < -0.4 is 0 Å². The SMILES string of the molecule is CC(=O)Cl.CCCCCCl. The molecule has 0 saturated heterocycles. The van der Waals surface area contributed by atoms with Gasteiger partial charge in [0, 0.05) is 12.8 Å². The lowest BCUT2D eigenvalue weighted by Crippen LogP contribution is -1.70. The normalized spacial score (nSPS) is 8.00. The highest BCUT2D eigenvalue weighted by Gasteiger charge is 1.76. The fraction of sp³-hybridized carbons (Fsp3) is 0.857. The van der Waals surface area contributed by atoms with Crippen LogP contribution in [0.5, 0.6) is 0 Å². The van der Waals surface area contributed by atoms with E-state index in [0.717, 1.165) is 5.88 Å². The van der Waals surface area contributed by atoms with Gasteiger partial charge >= 0.3 is 0 Å². The van der Waals surface area contributed by atoms with Gasteiger partial charge in [-0.15, -0.1) is 11.6 Å². The molecule has 0 heterocycles. The predicted molar refractivity (Wildman–Crippen MR) is 46.8 cm³/mol. The summed E-state index contributed by atoms with van der Waals surface area (Å²) in [6.45, 7) is 3.47. The highest BCUT2D eigenvalue weighted by atomic mass is 35.5. The number of hydrogen-bond acceptors (Lipinski definition) is 1. The van der Waals surface area contributed by atoms with Crippen molar-refractivity contribution in [3.63, 3.8) is 0 Å². The molecule has 0 aromatic heterocycles. The molecule has 0 fully saturated rings. The molecule has 0 aliphatic heterocycles. The van der Waals surface area contributed by atoms with Crippen molar-refractivity contribution in [1.29, 1.82) is 0 Å². The standard InChI is InChI=1S/C5H11Cl.C2H3ClO/c1-2-3-4-5-6;1-2(3)4/h2-5H2,1H3;1H3. The van der Waals surface area contributed by atoms with E-state index >= 15 is 0 Å². The molecule has 0 unspecified atom stereocenters. The molecule has 0 radical (unpaired) electrons. The van der Waals surface area contributed by atoms with Crippen LogP contribution in [-0.2, 0) is 4.79 Å². The summed E-state index contributed by atoms with van der Waals surface area (Å²) in [6.07, 6.45) is 3.73. The minimum absolute atomic E-state index is 0.361. The second-order valence-corrected chi connectivity index (χ2v) is 2.78. The maximum absolute atomic E-state index is 9.21. The number of alkyl halides is 1. The van der Waals surface area contributed by atoms with Crippen LogP contribution in [0.15, 0.2) is 0 Å². The van der Waals surface area contributed by atoms with Crippen molar-refractivity contribution < 1.29 is 4.79 Å². The van der Waals surface area contributed by atoms with Gasteiger partial charge in [0.2, 0.25) is 5.24 Å². The Hall–Kier alpha value is 0.250. The summed E-state index contributed by atoms with van der Waals surface area (Å²) in [5.74, 6) is 0.827. The largest absolute Gasteiger partial charge is 0.282 e. The molecule has 0 rings (SSSR count). The van der Waals surface area contributed by atoms with Gasteiger partial charge < -0.3 is 0 Å². The molecular formula is C7H14Cl2O. The van der Waals surface area contributed by atoms with E-state index in [9.17, 15) is 4.79 Å². The lowest BCUT2D eigenvalue weighted by Gasteiger charge is -1.84. The zero-order valence-corrected chi connectivity index (χ0v) is 8.00. The van der Waals surface area contributed by atoms with E-state index in [1.807, 2.05) is 0 Å². The molecular weight excluding hydrogens is 171 g/mol. The molecule has 0 saturated carbocycles. The summed E-state index contributed by atoms with van der Waals surface area (Å²) in [5, 5.41) is -0.361. The first-order valence-electron chi connectivity index (χ1n) is 3.37. The lowest BCUT2D eigenvalue weighted by molar-refractivity contribution is -0.109. The highest BCUT2D eigenvalue weighted by Crippen LogP contribution is 1.93. The third-order valence-corrected chi connectivity index (χ3v) is 1.00. The Balaban J connectivity index is 0. The molecule has 0 aromatic carbocycles. The number of carbonyl (C=O) groups is 1. The second-order valence-electron chi connectivity index (χ2n) is 1.87. The summed E-state index contributed by atoms with van der Waals surface area (Å²) >= 11 is 10.0. The smallest absolute Gasteiger partial charge is 0.218 e. The van der Waals surface area contributed by atoms with Crippen molar-refractivity contribution >= 4 is 28.4 Å². The molecule has 0 aliphatic rings. The molecule has 0 aliphatic carbocycles. The number of halogens is 2. The number of rotatable bonds is 3. The first kappa shape index (κ1) is 12.9. The number of unbranched alkanes of at least 4 members (excludes halogenated alkanes) is 2. The first-order valence-corrected chi connectivity index (χ1v) is 4.28. The summed E-state index contributed by atoms with van der Waals surface area (Å²) in [4.78, 5) is 9.21. The van der Waals surface area contributed by atoms with Crippen LogP contribution in [0.25, 0.3) is 0 Å². The third kappa shape index (κ3) is 41.1. The quantitative estimate of drug-likeness (QED) is 0.375. The van der Waals surface area contributed by atoms with Gasteiger partial charge in [-0.2, -0.15) is 0 Å². The second kappa shape index (κ2) is 12.0. The minimum atomic E-state index is -0.361. The molecule has 1 nitrogen and oxygen atoms in total. The van der Waals surface area contributed by atoms with Crippen LogP contribution in [0.4, 0.5) is 0 Å². The molecule has 0 atom stereocenters. The fourth-order valence-electron chi connectivity index (χ4n) is 0.344. The van der Waals surface area contributed by atoms with Crippen LogP contribution in [0, 0.1) is 0 Å². The van der Waals surface area contributed by atoms with Gasteiger partial charge in [0.1, 0.15) is 0 Å². The molecule has 0 N–H and O–H groups in total. The molecule has 0 amide bonds. The van der Waals surface area contributed by atoms with Crippen molar-refractivity contribution in [2.45, 2.75) is 33.1 Å². The summed E-state index contributed by atoms with van der Waals surface area (Å²) < 4.78 is 0. The Morgan fingerprint density at radius 3 is 1.90 bits per heavy atom. The van der Waals surface area contributed by atoms with Crippen molar-refractivity contribution in [2.75, 3.05) is 5.88 Å². The van der Waals surface area contributed by atoms with Crippen LogP contribution >= 0.6 is 23.2 Å². The molecule has 3 heteroatoms. The van der Waals surface area contributed by atoms with Crippen LogP contribution in [0.2, 0.25) is 0 Å². The zero-order valence-electron chi connectivity index (χ0n) is 6.49. The van der Waals surface area contributed by atoms with Gasteiger partial charge in [0.15, 0.2) is 0 Å². The van der Waals surface area contributed by atoms with E-state index in [4.69, 9.17) is 11.6 Å². The van der Waals surface area contributed by atoms with E-state index < -0.39 is 0 Å². The predicted octanol–water partition coefficient (Wildman–Crippen LogP) is 3.19. The Labute approximate surface area is 72.7 Å². The van der Waals surface area contributed by atoms with Gasteiger partial charge in [-0.25, -0.2) is 0 Å². The van der Waals surface area contributed by atoms with Crippen molar-refractivity contribution in [1.82, 2.24) is 0 Å². The Bertz CT molecular complexity index is 66.0. The molecule has 10 heavy (non-hydrogen) atoms. The minimum Gasteiger partial charge on any atom is -0.282 e. The van der Waals surface area contributed by atoms with Crippen molar-refractivity contribution in [3.8, 4) is 0 Å². The van der Waals surface area contributed by atoms with Crippen molar-refractivity contribution in [2.24, 2.45) is 0 Å². The van der Waals surface area contributed by atoms with Crippen molar-refractivity contribution in [3.05, 3.63) is 0 Å². The fourth-order valence-corrected chi connectivity index (χ4v) is 0.533. The average molecular weight is 185 g/mol. The lowest BCUT2D eigenvalue weighted by atomic mass is 10.3. The Kier molecular flexibility index (Phi) is 15.4. The molecule has 0 bridgehead atoms. The maximum Gasteiger partial charge on any atom is 0.218 e. The zero-order chi connectivity index (χ0) is 8.41. The molecule has 0 spiro atoms. The maximum atomic E-state index is 9.21. The summed E-state index contributed by atoms with van der Waals surface area (Å²) in [7, 11) is 0. The topological polar surface area (TPSA) is 17.1 Å². The van der Waals surface area contributed by atoms with Crippen LogP contribution in [0.1, 0.15) is 33.1 Å². The van der Waals surface area contributed by atoms with Crippen LogP contribution in [0.3, 0.4) is 0 Å². The summed E-state index contributed by atoms with van der Waals surface area (Å²) in [6, 6.07) is 0. The third-order valence-electron chi connectivity index (χ3n) is 0.737. The van der Waals surface area contributed by atoms with Gasteiger partial charge in [-0.1, -0.05) is 19.8 Å². The van der Waals surface area contributed by atoms with E-state index in [2.05, 4.69) is 18.5 Å². The Morgan fingerprint density at radius 2 is 1.80 bits per heavy atom. The van der Waals surface area contributed by atoms with Gasteiger partial charge in [-0.05, 0) is 18.0 Å². The molecule has 0 aromatic rings. The Morgan fingerprint density at radius 1 is 1.40 bits per heavy atom. The van der Waals surface area contributed by atoms with E-state index in [1.54, 1.807) is 0 Å². The van der Waals surface area contributed by atoms with E-state index in [0.29, 0.717) is 0 Å². The average Bonchev–Trinajstić information content (AvgIpc) is 1.82. The van der Waals surface area contributed by atoms with Crippen LogP contribution in [-0.4, -0.2) is 11.1 Å². The number of hydrogen-bond donors (Lipinski definition) is 0. The highest BCUT2D eigenvalue weighted by molar-refractivity contribution is 6.62. The van der Waals surface area contributed by atoms with Gasteiger partial charge in [-0.3, -0.25) is 4.79 Å².